The average Bonchev–Trinajstić information content (AvgIpc) is 2.52. The molecular weight excluding hydrogens is 401 g/mol. The first-order chi connectivity index (χ1) is 11.0. The van der Waals surface area contributed by atoms with Gasteiger partial charge in [-0.2, -0.15) is 0 Å². The fourth-order valence-electron chi connectivity index (χ4n) is 1.87. The van der Waals surface area contributed by atoms with Gasteiger partial charge >= 0.3 is 0 Å². The van der Waals surface area contributed by atoms with E-state index in [1.165, 1.54) is 0 Å². The number of rotatable bonds is 6. The van der Waals surface area contributed by atoms with Crippen molar-refractivity contribution >= 4 is 50.7 Å². The Morgan fingerprint density at radius 2 is 2.00 bits per heavy atom. The topological polar surface area (TPSA) is 38.3 Å². The maximum absolute atomic E-state index is 12.3. The van der Waals surface area contributed by atoms with Crippen LogP contribution in [0.3, 0.4) is 0 Å². The summed E-state index contributed by atoms with van der Waals surface area (Å²) >= 11 is 15.4. The zero-order chi connectivity index (χ0) is 16.8. The molecule has 122 valence electrons. The molecule has 0 unspecified atom stereocenters. The molecule has 0 radical (unpaired) electrons. The molecule has 2 aromatic carbocycles. The largest absolute Gasteiger partial charge is 0.492 e. The lowest BCUT2D eigenvalue weighted by Gasteiger charge is -2.11. The number of nitrogens with one attached hydrogen (secondary N) is 1. The van der Waals surface area contributed by atoms with Crippen molar-refractivity contribution in [1.29, 1.82) is 0 Å². The van der Waals surface area contributed by atoms with Crippen molar-refractivity contribution in [3.05, 3.63) is 56.5 Å². The van der Waals surface area contributed by atoms with Crippen molar-refractivity contribution in [2.45, 2.75) is 19.8 Å². The smallest absolute Gasteiger partial charge is 0.255 e. The van der Waals surface area contributed by atoms with E-state index in [9.17, 15) is 4.79 Å². The summed E-state index contributed by atoms with van der Waals surface area (Å²) < 4.78 is 6.38. The van der Waals surface area contributed by atoms with Crippen LogP contribution in [0.5, 0.6) is 5.75 Å². The highest BCUT2D eigenvalue weighted by atomic mass is 79.9. The molecule has 0 aliphatic carbocycles. The number of amides is 1. The zero-order valence-corrected chi connectivity index (χ0v) is 15.6. The number of unbranched alkanes of at least 4 members (excludes halogenated alkanes) is 1. The molecule has 0 atom stereocenters. The average molecular weight is 417 g/mol. The molecule has 0 aliphatic heterocycles. The van der Waals surface area contributed by atoms with Crippen LogP contribution >= 0.6 is 39.1 Å². The molecule has 0 fully saturated rings. The van der Waals surface area contributed by atoms with Crippen LogP contribution < -0.4 is 10.1 Å². The lowest BCUT2D eigenvalue weighted by atomic mass is 10.2. The second kappa shape index (κ2) is 8.57. The Kier molecular flexibility index (Phi) is 6.75. The van der Waals surface area contributed by atoms with Gasteiger partial charge in [0.25, 0.3) is 5.91 Å². The number of anilines is 1. The molecule has 0 spiro atoms. The molecule has 3 nitrogen and oxygen atoms in total. The molecule has 23 heavy (non-hydrogen) atoms. The van der Waals surface area contributed by atoms with Gasteiger partial charge in [-0.3, -0.25) is 4.79 Å². The highest BCUT2D eigenvalue weighted by Crippen LogP contribution is 2.28. The Labute approximate surface area is 154 Å². The first-order valence-electron chi connectivity index (χ1n) is 7.20. The fourth-order valence-corrected chi connectivity index (χ4v) is 2.70. The zero-order valence-electron chi connectivity index (χ0n) is 12.5. The predicted octanol–water partition coefficient (Wildman–Crippen LogP) is 6.19. The molecular formula is C17H16BrCl2NO2. The van der Waals surface area contributed by atoms with E-state index < -0.39 is 0 Å². The SMILES string of the molecule is CCCCOc1ccc(C(=O)Nc2cc(Cl)ccc2Cl)cc1Br. The first-order valence-corrected chi connectivity index (χ1v) is 8.75. The monoisotopic (exact) mass is 415 g/mol. The van der Waals surface area contributed by atoms with Crippen LogP contribution in [-0.2, 0) is 0 Å². The minimum Gasteiger partial charge on any atom is -0.492 e. The third-order valence-electron chi connectivity index (χ3n) is 3.13. The Bertz CT molecular complexity index is 707. The van der Waals surface area contributed by atoms with Crippen molar-refractivity contribution in [3.8, 4) is 5.75 Å². The summed E-state index contributed by atoms with van der Waals surface area (Å²) in [4.78, 5) is 12.3. The van der Waals surface area contributed by atoms with Gasteiger partial charge < -0.3 is 10.1 Å². The molecule has 0 saturated heterocycles. The van der Waals surface area contributed by atoms with Crippen molar-refractivity contribution < 1.29 is 9.53 Å². The van der Waals surface area contributed by atoms with Crippen LogP contribution in [-0.4, -0.2) is 12.5 Å². The quantitative estimate of drug-likeness (QED) is 0.570. The van der Waals surface area contributed by atoms with Gasteiger partial charge in [-0.25, -0.2) is 0 Å². The molecule has 0 aromatic heterocycles. The molecule has 0 aliphatic rings. The summed E-state index contributed by atoms with van der Waals surface area (Å²) in [5.41, 5.74) is 0.972. The number of halogens is 3. The first kappa shape index (κ1) is 18.1. The Hall–Kier alpha value is -1.23. The lowest BCUT2D eigenvalue weighted by molar-refractivity contribution is 0.102. The fraction of sp³-hybridized carbons (Fsp3) is 0.235. The molecule has 0 saturated carbocycles. The second-order valence-electron chi connectivity index (χ2n) is 4.93. The van der Waals surface area contributed by atoms with E-state index in [0.29, 0.717) is 27.9 Å². The summed E-state index contributed by atoms with van der Waals surface area (Å²) in [6.07, 6.45) is 2.06. The van der Waals surface area contributed by atoms with E-state index in [2.05, 4.69) is 28.2 Å². The highest BCUT2D eigenvalue weighted by molar-refractivity contribution is 9.10. The van der Waals surface area contributed by atoms with Gasteiger partial charge in [0.15, 0.2) is 0 Å². The third kappa shape index (κ3) is 5.13. The number of hydrogen-bond acceptors (Lipinski definition) is 2. The van der Waals surface area contributed by atoms with Crippen LogP contribution in [0.15, 0.2) is 40.9 Å². The maximum Gasteiger partial charge on any atom is 0.255 e. The molecule has 2 rings (SSSR count). The molecule has 6 heteroatoms. The maximum atomic E-state index is 12.3. The number of carbonyl (C=O) groups is 1. The Morgan fingerprint density at radius 3 is 2.70 bits per heavy atom. The van der Waals surface area contributed by atoms with Gasteiger partial charge in [0.1, 0.15) is 5.75 Å². The highest BCUT2D eigenvalue weighted by Gasteiger charge is 2.11. The number of benzene rings is 2. The van der Waals surface area contributed by atoms with Crippen LogP contribution in [0.1, 0.15) is 30.1 Å². The minimum atomic E-state index is -0.269. The number of carbonyl (C=O) groups excluding carboxylic acids is 1. The van der Waals surface area contributed by atoms with Crippen LogP contribution in [0.4, 0.5) is 5.69 Å². The lowest BCUT2D eigenvalue weighted by Crippen LogP contribution is -2.12. The number of hydrogen-bond donors (Lipinski definition) is 1. The van der Waals surface area contributed by atoms with Crippen LogP contribution in [0, 0.1) is 0 Å². The normalized spacial score (nSPS) is 10.4. The summed E-state index contributed by atoms with van der Waals surface area (Å²) in [6.45, 7) is 2.76. The van der Waals surface area contributed by atoms with E-state index in [-0.39, 0.29) is 5.91 Å². The van der Waals surface area contributed by atoms with E-state index in [1.54, 1.807) is 36.4 Å². The second-order valence-corrected chi connectivity index (χ2v) is 6.62. The summed E-state index contributed by atoms with van der Waals surface area (Å²) in [7, 11) is 0. The van der Waals surface area contributed by atoms with Gasteiger partial charge in [0, 0.05) is 10.6 Å². The minimum absolute atomic E-state index is 0.269. The summed E-state index contributed by atoms with van der Waals surface area (Å²) in [5.74, 6) is 0.450. The Morgan fingerprint density at radius 1 is 1.22 bits per heavy atom. The van der Waals surface area contributed by atoms with Crippen LogP contribution in [0.2, 0.25) is 10.0 Å². The molecule has 1 amide bonds. The van der Waals surface area contributed by atoms with Crippen molar-refractivity contribution in [3.63, 3.8) is 0 Å². The molecule has 0 heterocycles. The van der Waals surface area contributed by atoms with Gasteiger partial charge in [-0.05, 0) is 58.7 Å². The predicted molar refractivity (Wildman–Crippen MR) is 99.0 cm³/mol. The molecule has 2 aromatic rings. The van der Waals surface area contributed by atoms with Crippen molar-refractivity contribution in [2.24, 2.45) is 0 Å². The van der Waals surface area contributed by atoms with Gasteiger partial charge in [0.2, 0.25) is 0 Å². The Balaban J connectivity index is 2.10. The molecule has 1 N–H and O–H groups in total. The standard InChI is InChI=1S/C17H16BrCl2NO2/c1-2-3-8-23-16-7-4-11(9-13(16)18)17(22)21-15-10-12(19)5-6-14(15)20/h4-7,9-10H,2-3,8H2,1H3,(H,21,22). The van der Waals surface area contributed by atoms with Crippen LogP contribution in [0.25, 0.3) is 0 Å². The van der Waals surface area contributed by atoms with Crippen molar-refractivity contribution in [2.75, 3.05) is 11.9 Å². The van der Waals surface area contributed by atoms with E-state index >= 15 is 0 Å². The molecule has 0 bridgehead atoms. The van der Waals surface area contributed by atoms with Gasteiger partial charge in [-0.15, -0.1) is 0 Å². The van der Waals surface area contributed by atoms with E-state index in [4.69, 9.17) is 27.9 Å². The summed E-state index contributed by atoms with van der Waals surface area (Å²) in [6, 6.07) is 10.1. The van der Waals surface area contributed by atoms with Crippen molar-refractivity contribution in [1.82, 2.24) is 0 Å². The third-order valence-corrected chi connectivity index (χ3v) is 4.31. The van der Waals surface area contributed by atoms with E-state index in [0.717, 1.165) is 23.1 Å². The van der Waals surface area contributed by atoms with Gasteiger partial charge in [-0.1, -0.05) is 36.5 Å². The summed E-state index contributed by atoms with van der Waals surface area (Å²) in [5, 5.41) is 3.69. The van der Waals surface area contributed by atoms with Gasteiger partial charge in [0.05, 0.1) is 21.8 Å². The number of ether oxygens (including phenoxy) is 1. The van der Waals surface area contributed by atoms with E-state index in [1.807, 2.05) is 0 Å².